The number of rotatable bonds is 0. The van der Waals surface area contributed by atoms with Crippen molar-refractivity contribution in [2.24, 2.45) is 0 Å². The zero-order valence-corrected chi connectivity index (χ0v) is 8.09. The molecule has 76 valence electrons. The predicted octanol–water partition coefficient (Wildman–Crippen LogP) is -2.49. The Kier molecular flexibility index (Phi) is 42.1. The monoisotopic (exact) mass is 222 g/mol. The van der Waals surface area contributed by atoms with E-state index in [1.165, 1.54) is 0 Å². The first-order chi connectivity index (χ1) is 4.88. The SMILES string of the molecule is CC(=O)[O-].CC(=O)[O-].CCO.[Ni+2]. The summed E-state index contributed by atoms with van der Waals surface area (Å²) in [6.45, 7) is 3.88. The Morgan fingerprint density at radius 1 is 1.17 bits per heavy atom. The smallest absolute Gasteiger partial charge is 0.550 e. The van der Waals surface area contributed by atoms with Gasteiger partial charge in [0.05, 0.1) is 0 Å². The Bertz CT molecular complexity index is 84.1. The van der Waals surface area contributed by atoms with Crippen LogP contribution in [0.3, 0.4) is 0 Å². The van der Waals surface area contributed by atoms with Gasteiger partial charge in [-0.05, 0) is 20.8 Å². The number of carboxylic acid groups (broad SMARTS) is 2. The van der Waals surface area contributed by atoms with Crippen LogP contribution >= 0.6 is 0 Å². The molecule has 12 heavy (non-hydrogen) atoms. The Morgan fingerprint density at radius 2 is 1.17 bits per heavy atom. The summed E-state index contributed by atoms with van der Waals surface area (Å²) in [5.41, 5.74) is 0. The fourth-order valence-electron chi connectivity index (χ4n) is 0. The Morgan fingerprint density at radius 3 is 1.17 bits per heavy atom. The van der Waals surface area contributed by atoms with Crippen LogP contribution in [0.2, 0.25) is 0 Å². The van der Waals surface area contributed by atoms with E-state index in [1.807, 2.05) is 0 Å². The van der Waals surface area contributed by atoms with Crippen LogP contribution in [-0.2, 0) is 26.1 Å². The molecule has 0 heterocycles. The van der Waals surface area contributed by atoms with E-state index < -0.39 is 11.9 Å². The van der Waals surface area contributed by atoms with Gasteiger partial charge in [0, 0.05) is 18.5 Å². The van der Waals surface area contributed by atoms with Gasteiger partial charge in [-0.25, -0.2) is 0 Å². The van der Waals surface area contributed by atoms with Crippen molar-refractivity contribution >= 4 is 11.9 Å². The number of carbonyl (C=O) groups is 2. The number of aliphatic carboxylic acids is 2. The number of carboxylic acids is 2. The molecule has 0 aliphatic heterocycles. The molecule has 0 saturated heterocycles. The van der Waals surface area contributed by atoms with Crippen LogP contribution in [0.15, 0.2) is 0 Å². The van der Waals surface area contributed by atoms with E-state index in [0.717, 1.165) is 13.8 Å². The van der Waals surface area contributed by atoms with E-state index in [0.29, 0.717) is 0 Å². The molecule has 0 aliphatic rings. The van der Waals surface area contributed by atoms with Crippen molar-refractivity contribution in [3.05, 3.63) is 0 Å². The fourth-order valence-corrected chi connectivity index (χ4v) is 0. The molecular formula is C6H12NiO5. The van der Waals surface area contributed by atoms with E-state index >= 15 is 0 Å². The molecule has 0 aliphatic carbocycles. The van der Waals surface area contributed by atoms with E-state index in [9.17, 15) is 0 Å². The maximum atomic E-state index is 8.89. The Balaban J connectivity index is -0.0000000389. The molecule has 0 aromatic heterocycles. The molecule has 0 aromatic carbocycles. The molecule has 0 amide bonds. The van der Waals surface area contributed by atoms with Crippen LogP contribution in [0.1, 0.15) is 20.8 Å². The molecule has 0 unspecified atom stereocenters. The van der Waals surface area contributed by atoms with Gasteiger partial charge >= 0.3 is 16.5 Å². The second-order valence-electron chi connectivity index (χ2n) is 1.30. The third-order valence-electron chi connectivity index (χ3n) is 0. The Labute approximate surface area is 81.3 Å². The van der Waals surface area contributed by atoms with Gasteiger partial charge in [0.2, 0.25) is 0 Å². The molecule has 1 N–H and O–H groups in total. The van der Waals surface area contributed by atoms with Crippen molar-refractivity contribution in [3.63, 3.8) is 0 Å². The van der Waals surface area contributed by atoms with Gasteiger partial charge in [-0.3, -0.25) is 0 Å². The standard InChI is InChI=1S/2C2H4O2.C2H6O.Ni/c2*1-2(3)4;1-2-3;/h2*1H3,(H,3,4);3H,2H2,1H3;/q;;;+2/p-2. The van der Waals surface area contributed by atoms with Gasteiger partial charge in [-0.15, -0.1) is 0 Å². The van der Waals surface area contributed by atoms with Crippen molar-refractivity contribution in [2.75, 3.05) is 6.61 Å². The average Bonchev–Trinajstić information content (AvgIpc) is 1.60. The second kappa shape index (κ2) is 22.4. The van der Waals surface area contributed by atoms with Crippen LogP contribution in [0.25, 0.3) is 0 Å². The van der Waals surface area contributed by atoms with E-state index in [4.69, 9.17) is 24.9 Å². The van der Waals surface area contributed by atoms with Crippen molar-refractivity contribution in [1.82, 2.24) is 0 Å². The molecule has 6 heteroatoms. The minimum atomic E-state index is -1.08. The van der Waals surface area contributed by atoms with Crippen molar-refractivity contribution in [3.8, 4) is 0 Å². The van der Waals surface area contributed by atoms with Gasteiger partial charge in [-0.2, -0.15) is 0 Å². The number of carbonyl (C=O) groups excluding carboxylic acids is 2. The molecule has 0 saturated carbocycles. The number of aliphatic hydroxyl groups excluding tert-OH is 1. The van der Waals surface area contributed by atoms with E-state index in [-0.39, 0.29) is 23.1 Å². The first-order valence-electron chi connectivity index (χ1n) is 2.84. The topological polar surface area (TPSA) is 100 Å². The van der Waals surface area contributed by atoms with Gasteiger partial charge in [0.1, 0.15) is 0 Å². The quantitative estimate of drug-likeness (QED) is 0.457. The minimum Gasteiger partial charge on any atom is -0.550 e. The van der Waals surface area contributed by atoms with Crippen molar-refractivity contribution in [1.29, 1.82) is 0 Å². The molecule has 0 aromatic rings. The third kappa shape index (κ3) is 1800. The summed E-state index contributed by atoms with van der Waals surface area (Å²) < 4.78 is 0. The summed E-state index contributed by atoms with van der Waals surface area (Å²) in [5.74, 6) is -2.17. The molecule has 0 rings (SSSR count). The summed E-state index contributed by atoms with van der Waals surface area (Å²) in [4.78, 5) is 17.8. The van der Waals surface area contributed by atoms with Crippen LogP contribution in [0, 0.1) is 0 Å². The minimum absolute atomic E-state index is 0. The van der Waals surface area contributed by atoms with Crippen molar-refractivity contribution in [2.45, 2.75) is 20.8 Å². The first-order valence-corrected chi connectivity index (χ1v) is 2.84. The predicted molar refractivity (Wildman–Crippen MR) is 34.1 cm³/mol. The fraction of sp³-hybridized carbons (Fsp3) is 0.667. The van der Waals surface area contributed by atoms with E-state index in [2.05, 4.69) is 0 Å². The summed E-state index contributed by atoms with van der Waals surface area (Å²) in [6.07, 6.45) is 0. The number of aliphatic hydroxyl groups is 1. The molecule has 0 fully saturated rings. The maximum absolute atomic E-state index is 8.89. The van der Waals surface area contributed by atoms with Crippen LogP contribution in [0.5, 0.6) is 0 Å². The largest absolute Gasteiger partial charge is 2.00 e. The van der Waals surface area contributed by atoms with Gasteiger partial charge < -0.3 is 24.9 Å². The molecule has 0 bridgehead atoms. The summed E-state index contributed by atoms with van der Waals surface area (Å²) in [5, 5.41) is 25.3. The number of hydrogen-bond acceptors (Lipinski definition) is 5. The molecule has 5 nitrogen and oxygen atoms in total. The van der Waals surface area contributed by atoms with Crippen molar-refractivity contribution < 1.29 is 41.4 Å². The zero-order valence-electron chi connectivity index (χ0n) is 7.10. The maximum Gasteiger partial charge on any atom is 2.00 e. The zero-order chi connectivity index (χ0) is 9.86. The summed E-state index contributed by atoms with van der Waals surface area (Å²) in [6, 6.07) is 0. The van der Waals surface area contributed by atoms with Crippen LogP contribution in [0.4, 0.5) is 0 Å². The first kappa shape index (κ1) is 22.5. The number of hydrogen-bond donors (Lipinski definition) is 1. The summed E-state index contributed by atoms with van der Waals surface area (Å²) in [7, 11) is 0. The molecular weight excluding hydrogens is 211 g/mol. The van der Waals surface area contributed by atoms with Crippen LogP contribution < -0.4 is 10.2 Å². The van der Waals surface area contributed by atoms with Crippen LogP contribution in [-0.4, -0.2) is 23.7 Å². The summed E-state index contributed by atoms with van der Waals surface area (Å²) >= 11 is 0. The third-order valence-corrected chi connectivity index (χ3v) is 0. The average molecular weight is 223 g/mol. The van der Waals surface area contributed by atoms with Gasteiger partial charge in [0.15, 0.2) is 0 Å². The van der Waals surface area contributed by atoms with Gasteiger partial charge in [-0.1, -0.05) is 0 Å². The molecule has 0 spiro atoms. The Hall–Kier alpha value is -0.606. The normalized spacial score (nSPS) is 5.67. The second-order valence-corrected chi connectivity index (χ2v) is 1.30. The van der Waals surface area contributed by atoms with Gasteiger partial charge in [0.25, 0.3) is 0 Å². The van der Waals surface area contributed by atoms with E-state index in [1.54, 1.807) is 6.92 Å². The molecule has 0 atom stereocenters. The molecule has 0 radical (unpaired) electrons.